The molecular weight excluding hydrogens is 236 g/mol. The number of anilines is 1. The molecule has 1 unspecified atom stereocenters. The molecule has 4 heteroatoms. The zero-order chi connectivity index (χ0) is 13.7. The summed E-state index contributed by atoms with van der Waals surface area (Å²) in [4.78, 5) is 11.0. The third-order valence-corrected chi connectivity index (χ3v) is 3.08. The van der Waals surface area contributed by atoms with Gasteiger partial charge in [0.25, 0.3) is 0 Å². The molecule has 0 aliphatic carbocycles. The second-order valence-corrected chi connectivity index (χ2v) is 4.57. The van der Waals surface area contributed by atoms with Crippen LogP contribution in [-0.4, -0.2) is 16.5 Å². The third kappa shape index (κ3) is 3.51. The number of hydrogen-bond acceptors (Lipinski definition) is 4. The largest absolute Gasteiger partial charge is 0.351 e. The third-order valence-electron chi connectivity index (χ3n) is 3.08. The van der Waals surface area contributed by atoms with Gasteiger partial charge in [0.2, 0.25) is 0 Å². The molecule has 1 atom stereocenters. The number of nitrogens with two attached hydrogens (primary N) is 1. The van der Waals surface area contributed by atoms with E-state index in [-0.39, 0.29) is 6.04 Å². The molecule has 100 valence electrons. The molecule has 0 spiro atoms. The topological polar surface area (TPSA) is 55.0 Å². The first-order valence-electron chi connectivity index (χ1n) is 6.57. The van der Waals surface area contributed by atoms with Gasteiger partial charge >= 0.3 is 0 Å². The molecule has 0 aliphatic heterocycles. The van der Waals surface area contributed by atoms with Gasteiger partial charge in [-0.1, -0.05) is 6.07 Å². The second-order valence-electron chi connectivity index (χ2n) is 4.57. The van der Waals surface area contributed by atoms with Gasteiger partial charge in [-0.15, -0.1) is 0 Å². The van der Waals surface area contributed by atoms with Crippen molar-refractivity contribution in [3.63, 3.8) is 0 Å². The molecule has 2 rings (SSSR count). The average molecular weight is 256 g/mol. The van der Waals surface area contributed by atoms with Gasteiger partial charge in [-0.3, -0.25) is 4.98 Å². The van der Waals surface area contributed by atoms with E-state index in [0.29, 0.717) is 0 Å². The molecule has 0 fully saturated rings. The summed E-state index contributed by atoms with van der Waals surface area (Å²) in [5.74, 6) is 0.947. The van der Waals surface area contributed by atoms with Gasteiger partial charge in [-0.2, -0.15) is 0 Å². The summed E-state index contributed by atoms with van der Waals surface area (Å²) >= 11 is 0. The predicted molar refractivity (Wildman–Crippen MR) is 77.8 cm³/mol. The maximum absolute atomic E-state index is 5.92. The van der Waals surface area contributed by atoms with Gasteiger partial charge in [-0.25, -0.2) is 4.98 Å². The van der Waals surface area contributed by atoms with Crippen molar-refractivity contribution in [2.75, 3.05) is 11.4 Å². The quantitative estimate of drug-likeness (QED) is 0.893. The van der Waals surface area contributed by atoms with Gasteiger partial charge in [0.1, 0.15) is 5.82 Å². The predicted octanol–water partition coefficient (Wildman–Crippen LogP) is 2.52. The van der Waals surface area contributed by atoms with Crippen LogP contribution < -0.4 is 10.6 Å². The molecular formula is C15H20N4. The van der Waals surface area contributed by atoms with Crippen LogP contribution in [0.4, 0.5) is 5.82 Å². The SMILES string of the molecule is CCN(Cc1ccccn1)c1cc(C(C)N)ccn1. The highest BCUT2D eigenvalue weighted by atomic mass is 15.2. The number of hydrogen-bond donors (Lipinski definition) is 1. The molecule has 0 radical (unpaired) electrons. The van der Waals surface area contributed by atoms with Crippen LogP contribution in [-0.2, 0) is 6.54 Å². The van der Waals surface area contributed by atoms with Crippen molar-refractivity contribution >= 4 is 5.82 Å². The van der Waals surface area contributed by atoms with E-state index in [1.807, 2.05) is 43.6 Å². The van der Waals surface area contributed by atoms with Gasteiger partial charge in [0.15, 0.2) is 0 Å². The van der Waals surface area contributed by atoms with E-state index < -0.39 is 0 Å². The lowest BCUT2D eigenvalue weighted by Gasteiger charge is -2.22. The molecule has 0 aliphatic rings. The van der Waals surface area contributed by atoms with Gasteiger partial charge in [-0.05, 0) is 43.7 Å². The molecule has 0 saturated heterocycles. The Morgan fingerprint density at radius 2 is 2.05 bits per heavy atom. The molecule has 19 heavy (non-hydrogen) atoms. The Hall–Kier alpha value is -1.94. The molecule has 2 heterocycles. The Labute approximate surface area is 114 Å². The van der Waals surface area contributed by atoms with Crippen molar-refractivity contribution in [3.05, 3.63) is 54.0 Å². The van der Waals surface area contributed by atoms with Gasteiger partial charge in [0, 0.05) is 25.0 Å². The highest BCUT2D eigenvalue weighted by molar-refractivity contribution is 5.42. The van der Waals surface area contributed by atoms with Crippen LogP contribution >= 0.6 is 0 Å². The fourth-order valence-electron chi connectivity index (χ4n) is 1.93. The molecule has 0 amide bonds. The lowest BCUT2D eigenvalue weighted by molar-refractivity contribution is 0.779. The van der Waals surface area contributed by atoms with Crippen LogP contribution in [0, 0.1) is 0 Å². The summed E-state index contributed by atoms with van der Waals surface area (Å²) in [6.45, 7) is 5.73. The lowest BCUT2D eigenvalue weighted by Crippen LogP contribution is -2.24. The molecule has 2 N–H and O–H groups in total. The number of nitrogens with zero attached hydrogens (tertiary/aromatic N) is 3. The summed E-state index contributed by atoms with van der Waals surface area (Å²) in [7, 11) is 0. The fourth-order valence-corrected chi connectivity index (χ4v) is 1.93. The monoisotopic (exact) mass is 256 g/mol. The maximum Gasteiger partial charge on any atom is 0.129 e. The van der Waals surface area contributed by atoms with E-state index in [9.17, 15) is 0 Å². The van der Waals surface area contributed by atoms with Crippen LogP contribution in [0.3, 0.4) is 0 Å². The van der Waals surface area contributed by atoms with Crippen LogP contribution in [0.2, 0.25) is 0 Å². The molecule has 2 aromatic rings. The normalized spacial score (nSPS) is 12.2. The molecule has 4 nitrogen and oxygen atoms in total. The first kappa shape index (κ1) is 13.5. The summed E-state index contributed by atoms with van der Waals surface area (Å²) in [6, 6.07) is 9.99. The fraction of sp³-hybridized carbons (Fsp3) is 0.333. The molecule has 0 saturated carbocycles. The number of aromatic nitrogens is 2. The molecule has 0 bridgehead atoms. The molecule has 0 aromatic carbocycles. The van der Waals surface area contributed by atoms with Crippen molar-refractivity contribution in [2.24, 2.45) is 5.73 Å². The van der Waals surface area contributed by atoms with Crippen LogP contribution in [0.1, 0.15) is 31.1 Å². The zero-order valence-electron chi connectivity index (χ0n) is 11.5. The van der Waals surface area contributed by atoms with Crippen LogP contribution in [0.15, 0.2) is 42.7 Å². The summed E-state index contributed by atoms with van der Waals surface area (Å²) in [5.41, 5.74) is 8.06. The second kappa shape index (κ2) is 6.29. The Kier molecular flexibility index (Phi) is 4.47. The van der Waals surface area contributed by atoms with Crippen molar-refractivity contribution in [1.29, 1.82) is 0 Å². The highest BCUT2D eigenvalue weighted by Gasteiger charge is 2.09. The minimum absolute atomic E-state index is 0.0234. The summed E-state index contributed by atoms with van der Waals surface area (Å²) < 4.78 is 0. The summed E-state index contributed by atoms with van der Waals surface area (Å²) in [6.07, 6.45) is 3.63. The van der Waals surface area contributed by atoms with Crippen molar-refractivity contribution in [2.45, 2.75) is 26.4 Å². The van der Waals surface area contributed by atoms with Gasteiger partial charge < -0.3 is 10.6 Å². The van der Waals surface area contributed by atoms with Crippen LogP contribution in [0.25, 0.3) is 0 Å². The smallest absolute Gasteiger partial charge is 0.129 e. The first-order valence-corrected chi connectivity index (χ1v) is 6.57. The Balaban J connectivity index is 2.20. The van der Waals surface area contributed by atoms with E-state index in [2.05, 4.69) is 27.9 Å². The lowest BCUT2D eigenvalue weighted by atomic mass is 10.1. The first-order chi connectivity index (χ1) is 9.20. The standard InChI is InChI=1S/C15H20N4/c1-3-19(11-14-6-4-5-8-17-14)15-10-13(12(2)16)7-9-18-15/h4-10,12H,3,11,16H2,1-2H3. The minimum atomic E-state index is 0.0234. The summed E-state index contributed by atoms with van der Waals surface area (Å²) in [5, 5.41) is 0. The minimum Gasteiger partial charge on any atom is -0.351 e. The van der Waals surface area contributed by atoms with Crippen LogP contribution in [0.5, 0.6) is 0 Å². The maximum atomic E-state index is 5.92. The zero-order valence-corrected chi connectivity index (χ0v) is 11.5. The van der Waals surface area contributed by atoms with Crippen molar-refractivity contribution in [1.82, 2.24) is 9.97 Å². The van der Waals surface area contributed by atoms with E-state index in [1.54, 1.807) is 0 Å². The van der Waals surface area contributed by atoms with E-state index >= 15 is 0 Å². The Morgan fingerprint density at radius 3 is 2.68 bits per heavy atom. The Bertz CT molecular complexity index is 511. The number of rotatable bonds is 5. The van der Waals surface area contributed by atoms with Crippen molar-refractivity contribution in [3.8, 4) is 0 Å². The average Bonchev–Trinajstić information content (AvgIpc) is 2.46. The van der Waals surface area contributed by atoms with Gasteiger partial charge in [0.05, 0.1) is 12.2 Å². The van der Waals surface area contributed by atoms with E-state index in [0.717, 1.165) is 30.2 Å². The molecule has 2 aromatic heterocycles. The van der Waals surface area contributed by atoms with Crippen molar-refractivity contribution < 1.29 is 0 Å². The highest BCUT2D eigenvalue weighted by Crippen LogP contribution is 2.18. The van der Waals surface area contributed by atoms with E-state index in [1.165, 1.54) is 0 Å². The number of pyridine rings is 2. The van der Waals surface area contributed by atoms with E-state index in [4.69, 9.17) is 5.73 Å². The Morgan fingerprint density at radius 1 is 1.21 bits per heavy atom.